The van der Waals surface area contributed by atoms with Crippen molar-refractivity contribution in [2.75, 3.05) is 39.8 Å². The van der Waals surface area contributed by atoms with Crippen molar-refractivity contribution >= 4 is 11.8 Å². The molecule has 1 aliphatic heterocycles. The van der Waals surface area contributed by atoms with Gasteiger partial charge in [0.05, 0.1) is 13.7 Å². The number of carbonyl (C=O) groups is 2. The second-order valence-corrected chi connectivity index (χ2v) is 7.68. The fourth-order valence-electron chi connectivity index (χ4n) is 3.70. The van der Waals surface area contributed by atoms with E-state index in [1.165, 1.54) is 13.2 Å². The van der Waals surface area contributed by atoms with E-state index < -0.39 is 0 Å². The van der Waals surface area contributed by atoms with Crippen LogP contribution in [0.15, 0.2) is 36.4 Å². The predicted molar refractivity (Wildman–Crippen MR) is 113 cm³/mol. The second kappa shape index (κ2) is 9.71. The molecule has 0 atom stereocenters. The number of aryl methyl sites for hydroxylation is 2. The van der Waals surface area contributed by atoms with E-state index in [1.807, 2.05) is 38.1 Å². The molecule has 1 aliphatic rings. The molecule has 2 amide bonds. The molecule has 2 aromatic carbocycles. The van der Waals surface area contributed by atoms with Crippen LogP contribution in [0, 0.1) is 19.7 Å². The zero-order chi connectivity index (χ0) is 21.7. The van der Waals surface area contributed by atoms with Crippen molar-refractivity contribution in [3.63, 3.8) is 0 Å². The van der Waals surface area contributed by atoms with Gasteiger partial charge in [0, 0.05) is 38.3 Å². The summed E-state index contributed by atoms with van der Waals surface area (Å²) in [6.07, 6.45) is 0. The summed E-state index contributed by atoms with van der Waals surface area (Å²) in [6, 6.07) is 10.6. The van der Waals surface area contributed by atoms with Gasteiger partial charge in [-0.2, -0.15) is 0 Å². The first-order chi connectivity index (χ1) is 14.4. The summed E-state index contributed by atoms with van der Waals surface area (Å²) in [6.45, 7) is 7.04. The van der Waals surface area contributed by atoms with E-state index >= 15 is 0 Å². The minimum absolute atomic E-state index is 0.0183. The zero-order valence-corrected chi connectivity index (χ0v) is 17.7. The largest absolute Gasteiger partial charge is 0.494 e. The van der Waals surface area contributed by atoms with E-state index in [0.29, 0.717) is 38.3 Å². The third-order valence-corrected chi connectivity index (χ3v) is 5.23. The Balaban J connectivity index is 1.46. The van der Waals surface area contributed by atoms with Crippen LogP contribution >= 0.6 is 0 Å². The molecule has 0 radical (unpaired) electrons. The molecule has 2 aromatic rings. The quantitative estimate of drug-likeness (QED) is 0.791. The zero-order valence-electron chi connectivity index (χ0n) is 17.7. The summed E-state index contributed by atoms with van der Waals surface area (Å²) in [7, 11) is 1.44. The highest BCUT2D eigenvalue weighted by atomic mass is 19.1. The van der Waals surface area contributed by atoms with Crippen molar-refractivity contribution in [1.82, 2.24) is 15.1 Å². The second-order valence-electron chi connectivity index (χ2n) is 7.68. The first-order valence-corrected chi connectivity index (χ1v) is 10.0. The van der Waals surface area contributed by atoms with Gasteiger partial charge in [-0.1, -0.05) is 23.3 Å². The maximum atomic E-state index is 13.9. The first-order valence-electron chi connectivity index (χ1n) is 10.0. The summed E-state index contributed by atoms with van der Waals surface area (Å²) in [5, 5.41) is 2.72. The van der Waals surface area contributed by atoms with Gasteiger partial charge < -0.3 is 15.0 Å². The van der Waals surface area contributed by atoms with Gasteiger partial charge in [0.25, 0.3) is 5.91 Å². The number of ether oxygens (including phenoxy) is 1. The van der Waals surface area contributed by atoms with E-state index in [0.717, 1.165) is 16.7 Å². The van der Waals surface area contributed by atoms with Crippen molar-refractivity contribution in [2.24, 2.45) is 0 Å². The Bertz CT molecular complexity index is 904. The molecule has 3 rings (SSSR count). The number of amides is 2. The standard InChI is InChI=1S/C23H28FN3O3/c1-16-10-17(2)12-19(11-16)23(29)25-14-22(28)27-8-6-26(7-9-27)15-18-4-5-21(30-3)20(24)13-18/h4-5,10-13H,6-9,14-15H2,1-3H3,(H,25,29). The minimum Gasteiger partial charge on any atom is -0.494 e. The number of benzene rings is 2. The fourth-order valence-corrected chi connectivity index (χ4v) is 3.70. The Kier molecular flexibility index (Phi) is 7.05. The van der Waals surface area contributed by atoms with Crippen LogP contribution < -0.4 is 10.1 Å². The van der Waals surface area contributed by atoms with Gasteiger partial charge in [-0.05, 0) is 43.7 Å². The number of methoxy groups -OCH3 is 1. The van der Waals surface area contributed by atoms with Gasteiger partial charge in [-0.25, -0.2) is 4.39 Å². The van der Waals surface area contributed by atoms with Gasteiger partial charge in [-0.3, -0.25) is 14.5 Å². The van der Waals surface area contributed by atoms with Crippen molar-refractivity contribution < 1.29 is 18.7 Å². The van der Waals surface area contributed by atoms with E-state index in [-0.39, 0.29) is 29.9 Å². The molecular formula is C23H28FN3O3. The van der Waals surface area contributed by atoms with E-state index in [9.17, 15) is 14.0 Å². The Morgan fingerprint density at radius 3 is 2.30 bits per heavy atom. The van der Waals surface area contributed by atoms with Crippen molar-refractivity contribution in [3.8, 4) is 5.75 Å². The first kappa shape index (κ1) is 21.8. The van der Waals surface area contributed by atoms with Crippen LogP contribution in [0.2, 0.25) is 0 Å². The number of rotatable bonds is 6. The number of nitrogens with one attached hydrogen (secondary N) is 1. The predicted octanol–water partition coefficient (Wildman–Crippen LogP) is 2.53. The van der Waals surface area contributed by atoms with E-state index in [2.05, 4.69) is 10.2 Å². The lowest BCUT2D eigenvalue weighted by Gasteiger charge is -2.34. The smallest absolute Gasteiger partial charge is 0.251 e. The average molecular weight is 413 g/mol. The Morgan fingerprint density at radius 2 is 1.70 bits per heavy atom. The molecule has 1 fully saturated rings. The topological polar surface area (TPSA) is 61.9 Å². The number of nitrogens with zero attached hydrogens (tertiary/aromatic N) is 2. The molecule has 1 saturated heterocycles. The summed E-state index contributed by atoms with van der Waals surface area (Å²) in [5.41, 5.74) is 3.46. The molecule has 0 aliphatic carbocycles. The molecule has 0 unspecified atom stereocenters. The lowest BCUT2D eigenvalue weighted by Crippen LogP contribution is -2.50. The molecule has 6 nitrogen and oxygen atoms in total. The molecule has 160 valence electrons. The van der Waals surface area contributed by atoms with Gasteiger partial charge in [0.15, 0.2) is 11.6 Å². The highest BCUT2D eigenvalue weighted by molar-refractivity contribution is 5.96. The maximum Gasteiger partial charge on any atom is 0.251 e. The number of carbonyl (C=O) groups excluding carboxylic acids is 2. The van der Waals surface area contributed by atoms with E-state index in [4.69, 9.17) is 4.74 Å². The van der Waals surface area contributed by atoms with Crippen molar-refractivity contribution in [3.05, 3.63) is 64.5 Å². The monoisotopic (exact) mass is 413 g/mol. The van der Waals surface area contributed by atoms with Crippen LogP contribution in [-0.2, 0) is 11.3 Å². The highest BCUT2D eigenvalue weighted by Gasteiger charge is 2.22. The van der Waals surface area contributed by atoms with Crippen LogP contribution in [0.3, 0.4) is 0 Å². The molecule has 0 bridgehead atoms. The van der Waals surface area contributed by atoms with Crippen LogP contribution in [0.4, 0.5) is 4.39 Å². The molecule has 1 N–H and O–H groups in total. The van der Waals surface area contributed by atoms with Crippen LogP contribution in [0.25, 0.3) is 0 Å². The highest BCUT2D eigenvalue weighted by Crippen LogP contribution is 2.19. The van der Waals surface area contributed by atoms with Crippen LogP contribution in [0.5, 0.6) is 5.75 Å². The average Bonchev–Trinajstić information content (AvgIpc) is 2.71. The van der Waals surface area contributed by atoms with Gasteiger partial charge in [-0.15, -0.1) is 0 Å². The van der Waals surface area contributed by atoms with Gasteiger partial charge in [0.2, 0.25) is 5.91 Å². The number of hydrogen-bond donors (Lipinski definition) is 1. The normalized spacial score (nSPS) is 14.5. The molecular weight excluding hydrogens is 385 g/mol. The summed E-state index contributed by atoms with van der Waals surface area (Å²) in [5.74, 6) is -0.474. The number of halogens is 1. The minimum atomic E-state index is -0.372. The van der Waals surface area contributed by atoms with Gasteiger partial charge >= 0.3 is 0 Å². The maximum absolute atomic E-state index is 13.9. The van der Waals surface area contributed by atoms with Gasteiger partial charge in [0.1, 0.15) is 0 Å². The summed E-state index contributed by atoms with van der Waals surface area (Å²) < 4.78 is 18.8. The molecule has 0 spiro atoms. The Hall–Kier alpha value is -2.93. The van der Waals surface area contributed by atoms with E-state index in [1.54, 1.807) is 11.0 Å². The lowest BCUT2D eigenvalue weighted by molar-refractivity contribution is -0.131. The Morgan fingerprint density at radius 1 is 1.03 bits per heavy atom. The summed E-state index contributed by atoms with van der Waals surface area (Å²) >= 11 is 0. The third kappa shape index (κ3) is 5.57. The molecule has 1 heterocycles. The summed E-state index contributed by atoms with van der Waals surface area (Å²) in [4.78, 5) is 28.7. The van der Waals surface area contributed by atoms with Crippen LogP contribution in [0.1, 0.15) is 27.0 Å². The number of hydrogen-bond acceptors (Lipinski definition) is 4. The van der Waals surface area contributed by atoms with Crippen molar-refractivity contribution in [2.45, 2.75) is 20.4 Å². The SMILES string of the molecule is COc1ccc(CN2CCN(C(=O)CNC(=O)c3cc(C)cc(C)c3)CC2)cc1F. The lowest BCUT2D eigenvalue weighted by atomic mass is 10.1. The molecule has 7 heteroatoms. The van der Waals surface area contributed by atoms with Crippen molar-refractivity contribution in [1.29, 1.82) is 0 Å². The number of piperazine rings is 1. The van der Waals surface area contributed by atoms with Crippen LogP contribution in [-0.4, -0.2) is 61.4 Å². The molecule has 0 saturated carbocycles. The molecule has 30 heavy (non-hydrogen) atoms. The third-order valence-electron chi connectivity index (χ3n) is 5.23. The fraction of sp³-hybridized carbons (Fsp3) is 0.391. The molecule has 0 aromatic heterocycles. The Labute approximate surface area is 176 Å².